The van der Waals surface area contributed by atoms with Gasteiger partial charge in [-0.2, -0.15) is 0 Å². The molecular weight excluding hydrogens is 174 g/mol. The minimum atomic E-state index is -0.200. The standard InChI is InChI=1S/C8H17NO2S/c1-5-11-7(10)6-9-12-8(2,3)4/h9H,5-6H2,1-4H3. The first-order valence-corrected chi connectivity index (χ1v) is 4.84. The van der Waals surface area contributed by atoms with E-state index in [0.29, 0.717) is 6.61 Å². The molecule has 0 spiro atoms. The van der Waals surface area contributed by atoms with Crippen molar-refractivity contribution in [3.63, 3.8) is 0 Å². The molecule has 0 atom stereocenters. The molecule has 0 rings (SSSR count). The van der Waals surface area contributed by atoms with Crippen LogP contribution in [0.4, 0.5) is 0 Å². The molecule has 72 valence electrons. The summed E-state index contributed by atoms with van der Waals surface area (Å²) in [7, 11) is 0. The molecule has 0 bridgehead atoms. The summed E-state index contributed by atoms with van der Waals surface area (Å²) in [6.07, 6.45) is 0. The average Bonchev–Trinajstić information content (AvgIpc) is 1.84. The summed E-state index contributed by atoms with van der Waals surface area (Å²) >= 11 is 1.54. The van der Waals surface area contributed by atoms with Gasteiger partial charge >= 0.3 is 5.97 Å². The first-order valence-electron chi connectivity index (χ1n) is 4.02. The average molecular weight is 191 g/mol. The van der Waals surface area contributed by atoms with Gasteiger partial charge in [0.1, 0.15) is 6.54 Å². The van der Waals surface area contributed by atoms with Gasteiger partial charge in [-0.05, 0) is 27.7 Å². The van der Waals surface area contributed by atoms with Gasteiger partial charge in [0.25, 0.3) is 0 Å². The molecule has 0 heterocycles. The van der Waals surface area contributed by atoms with Crippen LogP contribution in [0, 0.1) is 0 Å². The fourth-order valence-corrected chi connectivity index (χ4v) is 1.15. The van der Waals surface area contributed by atoms with Crippen LogP contribution in [0.2, 0.25) is 0 Å². The Bertz CT molecular complexity index is 142. The van der Waals surface area contributed by atoms with Crippen molar-refractivity contribution in [1.29, 1.82) is 0 Å². The predicted molar refractivity (Wildman–Crippen MR) is 52.0 cm³/mol. The van der Waals surface area contributed by atoms with Crippen molar-refractivity contribution >= 4 is 17.9 Å². The van der Waals surface area contributed by atoms with E-state index in [1.165, 1.54) is 11.9 Å². The van der Waals surface area contributed by atoms with E-state index < -0.39 is 0 Å². The highest BCUT2D eigenvalue weighted by molar-refractivity contribution is 7.98. The van der Waals surface area contributed by atoms with Crippen molar-refractivity contribution in [1.82, 2.24) is 4.72 Å². The van der Waals surface area contributed by atoms with Gasteiger partial charge in [-0.3, -0.25) is 9.52 Å². The molecule has 0 amide bonds. The van der Waals surface area contributed by atoms with Crippen LogP contribution in [-0.4, -0.2) is 23.9 Å². The zero-order valence-corrected chi connectivity index (χ0v) is 8.96. The fraction of sp³-hybridized carbons (Fsp3) is 0.875. The van der Waals surface area contributed by atoms with Crippen molar-refractivity contribution in [2.24, 2.45) is 0 Å². The Morgan fingerprint density at radius 3 is 2.50 bits per heavy atom. The van der Waals surface area contributed by atoms with Gasteiger partial charge in [-0.15, -0.1) is 0 Å². The molecule has 0 aliphatic carbocycles. The van der Waals surface area contributed by atoms with E-state index in [1.807, 2.05) is 0 Å². The van der Waals surface area contributed by atoms with E-state index in [0.717, 1.165) is 0 Å². The second kappa shape index (κ2) is 5.43. The Kier molecular flexibility index (Phi) is 5.33. The molecule has 0 fully saturated rings. The molecule has 4 heteroatoms. The summed E-state index contributed by atoms with van der Waals surface area (Å²) in [6, 6.07) is 0. The van der Waals surface area contributed by atoms with Crippen molar-refractivity contribution in [2.75, 3.05) is 13.2 Å². The van der Waals surface area contributed by atoms with Crippen LogP contribution in [0.5, 0.6) is 0 Å². The number of rotatable bonds is 4. The molecule has 0 aliphatic heterocycles. The fourth-order valence-electron chi connectivity index (χ4n) is 0.524. The van der Waals surface area contributed by atoms with Gasteiger partial charge in [0.15, 0.2) is 0 Å². The van der Waals surface area contributed by atoms with Crippen LogP contribution in [-0.2, 0) is 9.53 Å². The molecule has 0 saturated carbocycles. The molecule has 0 aliphatic rings. The zero-order chi connectivity index (χ0) is 9.61. The molecule has 3 nitrogen and oxygen atoms in total. The molecule has 12 heavy (non-hydrogen) atoms. The molecule has 0 aromatic carbocycles. The third kappa shape index (κ3) is 7.88. The van der Waals surface area contributed by atoms with Gasteiger partial charge in [0, 0.05) is 4.75 Å². The van der Waals surface area contributed by atoms with Crippen LogP contribution in [0.1, 0.15) is 27.7 Å². The highest BCUT2D eigenvalue weighted by Gasteiger charge is 2.11. The van der Waals surface area contributed by atoms with E-state index in [-0.39, 0.29) is 17.3 Å². The topological polar surface area (TPSA) is 38.3 Å². The van der Waals surface area contributed by atoms with Crippen molar-refractivity contribution in [3.8, 4) is 0 Å². The van der Waals surface area contributed by atoms with E-state index in [2.05, 4.69) is 25.5 Å². The number of hydrogen-bond acceptors (Lipinski definition) is 4. The van der Waals surface area contributed by atoms with Gasteiger partial charge in [0.2, 0.25) is 0 Å². The van der Waals surface area contributed by atoms with E-state index in [9.17, 15) is 4.79 Å². The van der Waals surface area contributed by atoms with Crippen molar-refractivity contribution in [2.45, 2.75) is 32.4 Å². The molecule has 0 aromatic heterocycles. The van der Waals surface area contributed by atoms with Crippen LogP contribution in [0.15, 0.2) is 0 Å². The maximum absolute atomic E-state index is 10.8. The highest BCUT2D eigenvalue weighted by atomic mass is 32.2. The van der Waals surface area contributed by atoms with Gasteiger partial charge < -0.3 is 4.74 Å². The molecule has 1 N–H and O–H groups in total. The summed E-state index contributed by atoms with van der Waals surface area (Å²) < 4.78 is 7.83. The predicted octanol–water partition coefficient (Wildman–Crippen LogP) is 1.59. The molecule has 0 saturated heterocycles. The SMILES string of the molecule is CCOC(=O)CNSC(C)(C)C. The van der Waals surface area contributed by atoms with Crippen molar-refractivity contribution in [3.05, 3.63) is 0 Å². The number of nitrogens with one attached hydrogen (secondary N) is 1. The maximum Gasteiger partial charge on any atom is 0.320 e. The van der Waals surface area contributed by atoms with Crippen LogP contribution >= 0.6 is 11.9 Å². The lowest BCUT2D eigenvalue weighted by Gasteiger charge is -2.16. The lowest BCUT2D eigenvalue weighted by atomic mass is 10.3. The molecular formula is C8H17NO2S. The summed E-state index contributed by atoms with van der Waals surface area (Å²) in [5, 5.41) is 0. The number of esters is 1. The number of carbonyl (C=O) groups excluding carboxylic acids is 1. The van der Waals surface area contributed by atoms with Crippen molar-refractivity contribution < 1.29 is 9.53 Å². The lowest BCUT2D eigenvalue weighted by molar-refractivity contribution is -0.141. The number of ether oxygens (including phenoxy) is 1. The Hall–Kier alpha value is -0.220. The third-order valence-electron chi connectivity index (χ3n) is 0.900. The molecule has 0 aromatic rings. The quantitative estimate of drug-likeness (QED) is 0.541. The summed E-state index contributed by atoms with van der Waals surface area (Å²) in [4.78, 5) is 10.8. The van der Waals surface area contributed by atoms with E-state index >= 15 is 0 Å². The second-order valence-corrected chi connectivity index (χ2v) is 5.06. The normalized spacial score (nSPS) is 11.3. The Balaban J connectivity index is 3.37. The van der Waals surface area contributed by atoms with Gasteiger partial charge in [-0.25, -0.2) is 0 Å². The number of carbonyl (C=O) groups is 1. The highest BCUT2D eigenvalue weighted by Crippen LogP contribution is 2.18. The zero-order valence-electron chi connectivity index (χ0n) is 8.14. The summed E-state index contributed by atoms with van der Waals surface area (Å²) in [6.45, 7) is 8.76. The maximum atomic E-state index is 10.8. The number of hydrogen-bond donors (Lipinski definition) is 1. The minimum Gasteiger partial charge on any atom is -0.465 e. The van der Waals surface area contributed by atoms with Crippen LogP contribution in [0.25, 0.3) is 0 Å². The summed E-state index contributed by atoms with van der Waals surface area (Å²) in [5.41, 5.74) is 0. The Morgan fingerprint density at radius 1 is 1.50 bits per heavy atom. The van der Waals surface area contributed by atoms with Gasteiger partial charge in [0.05, 0.1) is 6.61 Å². The molecule has 0 radical (unpaired) electrons. The first-order chi connectivity index (χ1) is 5.45. The minimum absolute atomic E-state index is 0.131. The monoisotopic (exact) mass is 191 g/mol. The van der Waals surface area contributed by atoms with E-state index in [1.54, 1.807) is 6.92 Å². The Labute approximate surface area is 78.4 Å². The second-order valence-electron chi connectivity index (χ2n) is 3.34. The first kappa shape index (κ1) is 11.8. The van der Waals surface area contributed by atoms with Crippen LogP contribution in [0.3, 0.4) is 0 Å². The van der Waals surface area contributed by atoms with Crippen LogP contribution < -0.4 is 4.72 Å². The van der Waals surface area contributed by atoms with Gasteiger partial charge in [-0.1, -0.05) is 11.9 Å². The molecule has 0 unspecified atom stereocenters. The third-order valence-corrected chi connectivity index (χ3v) is 1.80. The van der Waals surface area contributed by atoms with E-state index in [4.69, 9.17) is 4.74 Å². The largest absolute Gasteiger partial charge is 0.465 e. The summed E-state index contributed by atoms with van der Waals surface area (Å²) in [5.74, 6) is -0.200. The smallest absolute Gasteiger partial charge is 0.320 e. The lowest BCUT2D eigenvalue weighted by Crippen LogP contribution is -2.24. The Morgan fingerprint density at radius 2 is 2.08 bits per heavy atom.